The highest BCUT2D eigenvalue weighted by atomic mass is 32.2. The van der Waals surface area contributed by atoms with E-state index in [4.69, 9.17) is 5.14 Å². The Kier molecular flexibility index (Phi) is 7.93. The van der Waals surface area contributed by atoms with Crippen molar-refractivity contribution in [1.29, 1.82) is 0 Å². The van der Waals surface area contributed by atoms with Gasteiger partial charge in [0.05, 0.1) is 22.6 Å². The molecular weight excluding hydrogens is 547 g/mol. The summed E-state index contributed by atoms with van der Waals surface area (Å²) in [6.07, 6.45) is -3.15. The van der Waals surface area contributed by atoms with Crippen LogP contribution in [0.3, 0.4) is 0 Å². The van der Waals surface area contributed by atoms with Gasteiger partial charge in [0.2, 0.25) is 10.0 Å². The molecule has 0 spiro atoms. The number of halogens is 3. The summed E-state index contributed by atoms with van der Waals surface area (Å²) in [5, 5.41) is 18.8. The van der Waals surface area contributed by atoms with Gasteiger partial charge in [0.15, 0.2) is 0 Å². The van der Waals surface area contributed by atoms with Crippen molar-refractivity contribution in [3.63, 3.8) is 0 Å². The number of hydrogen-bond donors (Lipinski definition) is 4. The van der Waals surface area contributed by atoms with E-state index in [9.17, 15) is 31.5 Å². The number of fused-ring (bicyclic) bond motifs is 1. The zero-order valence-corrected chi connectivity index (χ0v) is 21.9. The molecule has 4 rings (SSSR count). The molecule has 5 N–H and O–H groups in total. The number of para-hydroxylation sites is 1. The predicted octanol–water partition coefficient (Wildman–Crippen LogP) is 3.84. The Hall–Kier alpha value is -4.31. The van der Waals surface area contributed by atoms with Crippen molar-refractivity contribution < 1.29 is 36.2 Å². The summed E-state index contributed by atoms with van der Waals surface area (Å²) in [7, 11) is -3.97. The van der Waals surface area contributed by atoms with E-state index < -0.39 is 45.8 Å². The smallest absolute Gasteiger partial charge is 0.405 e. The average Bonchev–Trinajstić information content (AvgIpc) is 3.29. The van der Waals surface area contributed by atoms with Crippen LogP contribution in [0.2, 0.25) is 0 Å². The molecule has 1 aromatic heterocycles. The Bertz CT molecular complexity index is 1740. The molecule has 8 nitrogen and oxygen atoms in total. The zero-order valence-electron chi connectivity index (χ0n) is 21.0. The quantitative estimate of drug-likeness (QED) is 0.250. The Labute approximate surface area is 228 Å². The lowest BCUT2D eigenvalue weighted by atomic mass is 9.92. The Morgan fingerprint density at radius 3 is 2.42 bits per heavy atom. The number of aliphatic hydroxyl groups excluding tert-OH is 1. The van der Waals surface area contributed by atoms with E-state index in [1.807, 2.05) is 24.3 Å². The molecule has 0 aliphatic rings. The molecule has 4 aromatic rings. The third-order valence-electron chi connectivity index (χ3n) is 5.98. The lowest BCUT2D eigenvalue weighted by Gasteiger charge is -2.29. The Balaban J connectivity index is 1.66. The number of carbonyl (C=O) groups is 1. The number of nitrogens with one attached hydrogen (secondary N) is 2. The van der Waals surface area contributed by atoms with Gasteiger partial charge in [-0.25, -0.2) is 13.6 Å². The fraction of sp³-hybridized carbons (Fsp3) is 0.179. The van der Waals surface area contributed by atoms with Gasteiger partial charge in [-0.1, -0.05) is 36.1 Å². The highest BCUT2D eigenvalue weighted by Crippen LogP contribution is 2.29. The summed E-state index contributed by atoms with van der Waals surface area (Å²) in [4.78, 5) is 16.2. The van der Waals surface area contributed by atoms with Gasteiger partial charge in [0.25, 0.3) is 5.91 Å². The van der Waals surface area contributed by atoms with Crippen LogP contribution in [0.25, 0.3) is 10.9 Å². The number of carbonyl (C=O) groups excluding carboxylic acids is 1. The van der Waals surface area contributed by atoms with Crippen LogP contribution >= 0.6 is 0 Å². The second-order valence-corrected chi connectivity index (χ2v) is 10.9. The maximum Gasteiger partial charge on any atom is 0.573 e. The van der Waals surface area contributed by atoms with E-state index in [1.165, 1.54) is 30.3 Å². The Morgan fingerprint density at radius 1 is 1.05 bits per heavy atom. The van der Waals surface area contributed by atoms with Gasteiger partial charge in [-0.2, -0.15) is 0 Å². The minimum atomic E-state index is -5.07. The van der Waals surface area contributed by atoms with Gasteiger partial charge in [0, 0.05) is 28.2 Å². The maximum absolute atomic E-state index is 13.3. The standard InChI is InChI=1S/C28H24F3N3O5S/c1-27(17-35,15-20-16-33-24-8-3-2-7-22(20)24)34-26(36)23-14-19(11-12-25(23)39-28(29,30)31)10-9-18-5-4-6-21(13-18)40(32,37)38/h2-8,11-14,16,33,35H,15,17H2,1H3,(H,34,36)(H2,32,37,38). The van der Waals surface area contributed by atoms with Crippen LogP contribution in [0.5, 0.6) is 5.75 Å². The van der Waals surface area contributed by atoms with Gasteiger partial charge < -0.3 is 20.1 Å². The van der Waals surface area contributed by atoms with Crippen LogP contribution in [0.4, 0.5) is 13.2 Å². The van der Waals surface area contributed by atoms with Crippen LogP contribution in [0.1, 0.15) is 34.0 Å². The van der Waals surface area contributed by atoms with Gasteiger partial charge in [0.1, 0.15) is 5.75 Å². The number of benzene rings is 3. The lowest BCUT2D eigenvalue weighted by molar-refractivity contribution is -0.274. The number of hydrogen-bond acceptors (Lipinski definition) is 5. The molecule has 1 unspecified atom stereocenters. The number of aromatic amines is 1. The number of amides is 1. The normalized spacial score (nSPS) is 13.2. The third-order valence-corrected chi connectivity index (χ3v) is 6.89. The van der Waals surface area contributed by atoms with E-state index in [0.717, 1.165) is 28.6 Å². The lowest BCUT2D eigenvalue weighted by Crippen LogP contribution is -2.50. The molecule has 1 amide bonds. The van der Waals surface area contributed by atoms with Crippen molar-refractivity contribution in [2.24, 2.45) is 5.14 Å². The number of alkyl halides is 3. The molecule has 208 valence electrons. The third kappa shape index (κ3) is 7.01. The fourth-order valence-electron chi connectivity index (χ4n) is 4.07. The van der Waals surface area contributed by atoms with E-state index >= 15 is 0 Å². The second kappa shape index (κ2) is 11.1. The van der Waals surface area contributed by atoms with Crippen molar-refractivity contribution in [2.45, 2.75) is 30.1 Å². The van der Waals surface area contributed by atoms with Crippen LogP contribution in [-0.2, 0) is 16.4 Å². The summed E-state index contributed by atoms with van der Waals surface area (Å²) in [6.45, 7) is 1.06. The predicted molar refractivity (Wildman–Crippen MR) is 142 cm³/mol. The topological polar surface area (TPSA) is 135 Å². The number of sulfonamides is 1. The van der Waals surface area contributed by atoms with E-state index in [-0.39, 0.29) is 22.4 Å². The maximum atomic E-state index is 13.3. The highest BCUT2D eigenvalue weighted by molar-refractivity contribution is 7.89. The minimum absolute atomic E-state index is 0.156. The van der Waals surface area contributed by atoms with Gasteiger partial charge >= 0.3 is 6.36 Å². The monoisotopic (exact) mass is 571 g/mol. The van der Waals surface area contributed by atoms with Gasteiger partial charge in [-0.05, 0) is 61.4 Å². The molecule has 1 heterocycles. The van der Waals surface area contributed by atoms with Gasteiger partial charge in [-0.3, -0.25) is 4.79 Å². The summed E-state index contributed by atoms with van der Waals surface area (Å²) >= 11 is 0. The van der Waals surface area contributed by atoms with Crippen molar-refractivity contribution in [3.05, 3.63) is 95.2 Å². The molecule has 40 heavy (non-hydrogen) atoms. The largest absolute Gasteiger partial charge is 0.573 e. The first-order valence-corrected chi connectivity index (χ1v) is 13.3. The van der Waals surface area contributed by atoms with E-state index in [1.54, 1.807) is 13.1 Å². The number of ether oxygens (including phenoxy) is 1. The van der Waals surface area contributed by atoms with Crippen molar-refractivity contribution in [1.82, 2.24) is 10.3 Å². The van der Waals surface area contributed by atoms with Crippen LogP contribution < -0.4 is 15.2 Å². The molecule has 0 saturated heterocycles. The molecule has 0 fully saturated rings. The average molecular weight is 572 g/mol. The van der Waals surface area contributed by atoms with Crippen molar-refractivity contribution >= 4 is 26.8 Å². The van der Waals surface area contributed by atoms with Crippen LogP contribution in [0.15, 0.2) is 77.8 Å². The first-order valence-electron chi connectivity index (χ1n) is 11.8. The molecule has 0 bridgehead atoms. The molecule has 12 heteroatoms. The molecule has 0 aliphatic heterocycles. The number of primary sulfonamides is 1. The summed E-state index contributed by atoms with van der Waals surface area (Å²) < 4.78 is 66.6. The fourth-order valence-corrected chi connectivity index (χ4v) is 4.63. The molecular formula is C28H24F3N3O5S. The van der Waals surface area contributed by atoms with Crippen molar-refractivity contribution in [2.75, 3.05) is 6.61 Å². The van der Waals surface area contributed by atoms with Gasteiger partial charge in [-0.15, -0.1) is 13.2 Å². The number of H-pyrrole nitrogens is 1. The minimum Gasteiger partial charge on any atom is -0.405 e. The highest BCUT2D eigenvalue weighted by Gasteiger charge is 2.34. The van der Waals surface area contributed by atoms with Crippen LogP contribution in [-0.4, -0.2) is 42.9 Å². The Morgan fingerprint density at radius 2 is 1.75 bits per heavy atom. The van der Waals surface area contributed by atoms with Crippen molar-refractivity contribution in [3.8, 4) is 17.6 Å². The number of aliphatic hydroxyl groups is 1. The number of aromatic nitrogens is 1. The molecule has 0 saturated carbocycles. The first-order chi connectivity index (χ1) is 18.8. The zero-order chi connectivity index (χ0) is 29.1. The van der Waals surface area contributed by atoms with E-state index in [2.05, 4.69) is 26.9 Å². The molecule has 0 aliphatic carbocycles. The molecule has 0 radical (unpaired) electrons. The number of nitrogens with two attached hydrogens (primary N) is 1. The molecule has 1 atom stereocenters. The molecule has 3 aromatic carbocycles. The number of rotatable bonds is 7. The summed E-state index contributed by atoms with van der Waals surface area (Å²) in [5.41, 5.74) is 0.378. The summed E-state index contributed by atoms with van der Waals surface area (Å²) in [6, 6.07) is 16.2. The van der Waals surface area contributed by atoms with E-state index in [0.29, 0.717) is 0 Å². The SMILES string of the molecule is CC(CO)(Cc1c[nH]c2ccccc12)NC(=O)c1cc(C#Cc2cccc(S(N)(=O)=O)c2)ccc1OC(F)(F)F. The second-order valence-electron chi connectivity index (χ2n) is 9.29. The first kappa shape index (κ1) is 28.7. The van der Waals surface area contributed by atoms with Crippen LogP contribution in [0, 0.1) is 11.8 Å². The summed E-state index contributed by atoms with van der Waals surface area (Å²) in [5.74, 6) is 3.74.